The summed E-state index contributed by atoms with van der Waals surface area (Å²) in [7, 11) is 0. The zero-order valence-electron chi connectivity index (χ0n) is 15.3. The average molecular weight is 406 g/mol. The molecule has 0 unspecified atom stereocenters. The van der Waals surface area contributed by atoms with E-state index in [-0.39, 0.29) is 47.1 Å². The molecule has 8 heteroatoms. The maximum atomic E-state index is 12.4. The van der Waals surface area contributed by atoms with E-state index in [0.29, 0.717) is 0 Å². The lowest BCUT2D eigenvalue weighted by molar-refractivity contribution is -0.123. The Kier molecular flexibility index (Phi) is 6.52. The molecule has 0 saturated heterocycles. The second kappa shape index (κ2) is 9.65. The Labute approximate surface area is 170 Å². The first-order valence-corrected chi connectivity index (χ1v) is 8.55. The lowest BCUT2D eigenvalue weighted by atomic mass is 10.2. The van der Waals surface area contributed by atoms with E-state index in [2.05, 4.69) is 0 Å². The van der Waals surface area contributed by atoms with Crippen molar-refractivity contribution in [3.63, 3.8) is 0 Å². The molecule has 0 aliphatic rings. The predicted octanol–water partition coefficient (Wildman–Crippen LogP) is 3.20. The van der Waals surface area contributed by atoms with Crippen LogP contribution in [0.1, 0.15) is 20.7 Å². The fourth-order valence-corrected chi connectivity index (χ4v) is 2.44. The van der Waals surface area contributed by atoms with Gasteiger partial charge in [0.1, 0.15) is 0 Å². The molecule has 3 rings (SSSR count). The van der Waals surface area contributed by atoms with Gasteiger partial charge in [0.05, 0.1) is 11.1 Å². The predicted molar refractivity (Wildman–Crippen MR) is 103 cm³/mol. The molecule has 30 heavy (non-hydrogen) atoms. The molecular weight excluding hydrogens is 392 g/mol. The number of rotatable bonds is 8. The highest BCUT2D eigenvalue weighted by Gasteiger charge is 2.21. The van der Waals surface area contributed by atoms with Crippen LogP contribution < -0.4 is 18.9 Å². The van der Waals surface area contributed by atoms with Gasteiger partial charge >= 0.3 is 11.9 Å². The first kappa shape index (κ1) is 20.3. The van der Waals surface area contributed by atoms with Crippen LogP contribution in [-0.2, 0) is 9.59 Å². The third-order valence-electron chi connectivity index (χ3n) is 3.78. The highest BCUT2D eigenvalue weighted by Crippen LogP contribution is 2.40. The van der Waals surface area contributed by atoms with Crippen molar-refractivity contribution in [3.05, 3.63) is 83.9 Å². The Morgan fingerprint density at radius 1 is 0.567 bits per heavy atom. The van der Waals surface area contributed by atoms with Gasteiger partial charge in [0.25, 0.3) is 12.9 Å². The molecule has 150 valence electrons. The fraction of sp³-hybridized carbons (Fsp3) is 0. The second-order valence-electron chi connectivity index (χ2n) is 5.68. The van der Waals surface area contributed by atoms with Gasteiger partial charge in [-0.1, -0.05) is 36.4 Å². The minimum Gasteiger partial charge on any atom is -0.425 e. The number of benzene rings is 3. The summed E-state index contributed by atoms with van der Waals surface area (Å²) in [6, 6.07) is 18.4. The van der Waals surface area contributed by atoms with Crippen LogP contribution in [0.3, 0.4) is 0 Å². The van der Waals surface area contributed by atoms with Crippen LogP contribution in [0, 0.1) is 0 Å². The number of hydrogen-bond acceptors (Lipinski definition) is 8. The number of hydrogen-bond donors (Lipinski definition) is 0. The standard InChI is InChI=1S/C22H14O8/c23-13-27-17-11-19(29-21(25)15-7-3-1-4-8-15)20(12-18(17)28-14-24)30-22(26)16-9-5-2-6-10-16/h1-14H. The van der Waals surface area contributed by atoms with Crippen LogP contribution in [0.4, 0.5) is 0 Å². The first-order valence-electron chi connectivity index (χ1n) is 8.55. The van der Waals surface area contributed by atoms with Crippen molar-refractivity contribution in [3.8, 4) is 23.0 Å². The summed E-state index contributed by atoms with van der Waals surface area (Å²) >= 11 is 0. The van der Waals surface area contributed by atoms with Crippen molar-refractivity contribution >= 4 is 24.9 Å². The van der Waals surface area contributed by atoms with Gasteiger partial charge in [-0.05, 0) is 24.3 Å². The normalized spacial score (nSPS) is 9.87. The zero-order chi connectivity index (χ0) is 21.3. The molecule has 0 amide bonds. The topological polar surface area (TPSA) is 105 Å². The van der Waals surface area contributed by atoms with E-state index in [4.69, 9.17) is 18.9 Å². The summed E-state index contributed by atoms with van der Waals surface area (Å²) < 4.78 is 20.2. The van der Waals surface area contributed by atoms with Crippen LogP contribution in [0.5, 0.6) is 23.0 Å². The van der Waals surface area contributed by atoms with Gasteiger partial charge in [0, 0.05) is 12.1 Å². The minimum atomic E-state index is -0.742. The lowest BCUT2D eigenvalue weighted by Crippen LogP contribution is -2.13. The molecule has 8 nitrogen and oxygen atoms in total. The summed E-state index contributed by atoms with van der Waals surface area (Å²) in [6.45, 7) is 0.205. The van der Waals surface area contributed by atoms with Crippen molar-refractivity contribution < 1.29 is 38.1 Å². The highest BCUT2D eigenvalue weighted by molar-refractivity contribution is 5.93. The summed E-state index contributed by atoms with van der Waals surface area (Å²) in [5, 5.41) is 0. The van der Waals surface area contributed by atoms with Crippen molar-refractivity contribution in [1.82, 2.24) is 0 Å². The van der Waals surface area contributed by atoms with E-state index in [0.717, 1.165) is 12.1 Å². The van der Waals surface area contributed by atoms with Crippen LogP contribution >= 0.6 is 0 Å². The van der Waals surface area contributed by atoms with E-state index in [9.17, 15) is 19.2 Å². The smallest absolute Gasteiger partial charge is 0.343 e. The minimum absolute atomic E-state index is 0.103. The molecule has 0 aliphatic carbocycles. The Morgan fingerprint density at radius 2 is 0.933 bits per heavy atom. The quantitative estimate of drug-likeness (QED) is 0.319. The molecule has 0 bridgehead atoms. The van der Waals surface area contributed by atoms with Gasteiger partial charge in [-0.15, -0.1) is 0 Å². The molecule has 3 aromatic rings. The molecule has 0 spiro atoms. The monoisotopic (exact) mass is 406 g/mol. The zero-order valence-corrected chi connectivity index (χ0v) is 15.3. The molecular formula is C22H14O8. The third kappa shape index (κ3) is 4.87. The maximum Gasteiger partial charge on any atom is 0.343 e. The molecule has 0 radical (unpaired) electrons. The van der Waals surface area contributed by atoms with Crippen molar-refractivity contribution in [2.75, 3.05) is 0 Å². The molecule has 0 N–H and O–H groups in total. The maximum absolute atomic E-state index is 12.4. The highest BCUT2D eigenvalue weighted by atomic mass is 16.6. The Balaban J connectivity index is 1.99. The van der Waals surface area contributed by atoms with Gasteiger partial charge in [0.15, 0.2) is 23.0 Å². The van der Waals surface area contributed by atoms with Crippen LogP contribution in [0.15, 0.2) is 72.8 Å². The molecule has 0 saturated carbocycles. The fourth-order valence-electron chi connectivity index (χ4n) is 2.44. The summed E-state index contributed by atoms with van der Waals surface area (Å²) in [6.07, 6.45) is 0. The van der Waals surface area contributed by atoms with Gasteiger partial charge in [-0.3, -0.25) is 9.59 Å². The van der Waals surface area contributed by atoms with E-state index in [1.165, 1.54) is 24.3 Å². The Hall–Kier alpha value is -4.46. The number of carbonyl (C=O) groups is 4. The average Bonchev–Trinajstić information content (AvgIpc) is 2.78. The lowest BCUT2D eigenvalue weighted by Gasteiger charge is -2.14. The second-order valence-corrected chi connectivity index (χ2v) is 5.68. The third-order valence-corrected chi connectivity index (χ3v) is 3.78. The van der Waals surface area contributed by atoms with Gasteiger partial charge in [-0.25, -0.2) is 9.59 Å². The molecule has 0 heterocycles. The molecule has 0 fully saturated rings. The summed E-state index contributed by atoms with van der Waals surface area (Å²) in [4.78, 5) is 46.4. The van der Waals surface area contributed by atoms with Crippen LogP contribution in [0.25, 0.3) is 0 Å². The van der Waals surface area contributed by atoms with E-state index in [1.807, 2.05) is 0 Å². The number of carbonyl (C=O) groups excluding carboxylic acids is 4. The van der Waals surface area contributed by atoms with Crippen molar-refractivity contribution in [2.24, 2.45) is 0 Å². The summed E-state index contributed by atoms with van der Waals surface area (Å²) in [5.74, 6) is -2.35. The SMILES string of the molecule is O=COc1cc(OC(=O)c2ccccc2)c(OC(=O)c2ccccc2)cc1OC=O. The number of esters is 2. The van der Waals surface area contributed by atoms with E-state index >= 15 is 0 Å². The molecule has 0 atom stereocenters. The largest absolute Gasteiger partial charge is 0.425 e. The summed E-state index contributed by atoms with van der Waals surface area (Å²) in [5.41, 5.74) is 0.479. The molecule has 3 aromatic carbocycles. The van der Waals surface area contributed by atoms with E-state index in [1.54, 1.807) is 36.4 Å². The van der Waals surface area contributed by atoms with Crippen LogP contribution in [0.2, 0.25) is 0 Å². The first-order chi connectivity index (χ1) is 14.6. The molecule has 0 aromatic heterocycles. The van der Waals surface area contributed by atoms with Crippen LogP contribution in [-0.4, -0.2) is 24.9 Å². The number of ether oxygens (including phenoxy) is 4. The van der Waals surface area contributed by atoms with E-state index < -0.39 is 11.9 Å². The molecule has 0 aliphatic heterocycles. The van der Waals surface area contributed by atoms with Gasteiger partial charge < -0.3 is 18.9 Å². The Bertz CT molecular complexity index is 975. The van der Waals surface area contributed by atoms with Gasteiger partial charge in [0.2, 0.25) is 0 Å². The van der Waals surface area contributed by atoms with Crippen molar-refractivity contribution in [2.45, 2.75) is 0 Å². The van der Waals surface area contributed by atoms with Gasteiger partial charge in [-0.2, -0.15) is 0 Å². The Morgan fingerprint density at radius 3 is 1.27 bits per heavy atom. The van der Waals surface area contributed by atoms with Crippen molar-refractivity contribution in [1.29, 1.82) is 0 Å².